The van der Waals surface area contributed by atoms with Gasteiger partial charge in [0.15, 0.2) is 0 Å². The molecule has 0 unspecified atom stereocenters. The van der Waals surface area contributed by atoms with E-state index >= 15 is 0 Å². The van der Waals surface area contributed by atoms with Crippen molar-refractivity contribution in [3.8, 4) is 0 Å². The summed E-state index contributed by atoms with van der Waals surface area (Å²) < 4.78 is 0. The number of halogens is 1. The fourth-order valence-corrected chi connectivity index (χ4v) is 3.44. The number of aliphatic hydroxyl groups is 2. The zero-order valence-corrected chi connectivity index (χ0v) is 14.2. The summed E-state index contributed by atoms with van der Waals surface area (Å²) in [6.07, 6.45) is 0.189. The number of piperazine rings is 1. The van der Waals surface area contributed by atoms with Crippen LogP contribution in [0.5, 0.6) is 0 Å². The largest absolute Gasteiger partial charge is 0.392 e. The quantitative estimate of drug-likeness (QED) is 0.841. The summed E-state index contributed by atoms with van der Waals surface area (Å²) in [5.41, 5.74) is 0.795. The number of hydrogen-bond donors (Lipinski definition) is 2. The Morgan fingerprint density at radius 3 is 2.59 bits per heavy atom. The predicted molar refractivity (Wildman–Crippen MR) is 90.2 cm³/mol. The number of hydrogen-bond acceptors (Lipinski definition) is 4. The highest BCUT2D eigenvalue weighted by Gasteiger charge is 2.27. The second-order valence-corrected chi connectivity index (χ2v) is 6.61. The third-order valence-corrected chi connectivity index (χ3v) is 4.70. The third kappa shape index (κ3) is 4.67. The number of nitrogens with zero attached hydrogens (tertiary/aromatic N) is 2. The molecule has 4 nitrogen and oxygen atoms in total. The first kappa shape index (κ1) is 17.7. The van der Waals surface area contributed by atoms with Crippen LogP contribution in [0, 0.1) is 0 Å². The van der Waals surface area contributed by atoms with Crippen LogP contribution in [-0.4, -0.2) is 64.9 Å². The minimum atomic E-state index is -0.561. The molecule has 0 spiro atoms. The van der Waals surface area contributed by atoms with Gasteiger partial charge in [0.25, 0.3) is 0 Å². The predicted octanol–water partition coefficient (Wildman–Crippen LogP) is 2.15. The van der Waals surface area contributed by atoms with Gasteiger partial charge in [0.1, 0.15) is 0 Å². The molecular formula is C17H27ClN2O2. The van der Waals surface area contributed by atoms with Crippen LogP contribution < -0.4 is 0 Å². The lowest BCUT2D eigenvalue weighted by Gasteiger charge is -2.42. The summed E-state index contributed by atoms with van der Waals surface area (Å²) in [6, 6.07) is 7.91. The van der Waals surface area contributed by atoms with Crippen LogP contribution >= 0.6 is 11.6 Å². The van der Waals surface area contributed by atoms with Crippen LogP contribution in [0.15, 0.2) is 24.3 Å². The van der Waals surface area contributed by atoms with Crippen LogP contribution in [0.2, 0.25) is 5.02 Å². The molecule has 1 aromatic carbocycles. The smallest absolute Gasteiger partial charge is 0.0931 e. The Bertz CT molecular complexity index is 470. The van der Waals surface area contributed by atoms with Crippen molar-refractivity contribution in [3.05, 3.63) is 34.9 Å². The topological polar surface area (TPSA) is 46.9 Å². The molecule has 22 heavy (non-hydrogen) atoms. The van der Waals surface area contributed by atoms with E-state index in [0.717, 1.165) is 38.2 Å². The van der Waals surface area contributed by atoms with E-state index in [1.54, 1.807) is 0 Å². The average Bonchev–Trinajstić information content (AvgIpc) is 2.48. The molecule has 1 fully saturated rings. The Hall–Kier alpha value is -0.650. The first-order valence-corrected chi connectivity index (χ1v) is 8.46. The fourth-order valence-electron chi connectivity index (χ4n) is 3.18. The van der Waals surface area contributed by atoms with Crippen molar-refractivity contribution in [2.45, 2.75) is 38.5 Å². The van der Waals surface area contributed by atoms with Crippen molar-refractivity contribution < 1.29 is 10.2 Å². The van der Waals surface area contributed by atoms with E-state index in [2.05, 4.69) is 16.7 Å². The maximum Gasteiger partial charge on any atom is 0.0931 e. The minimum absolute atomic E-state index is 0.297. The highest BCUT2D eigenvalue weighted by molar-refractivity contribution is 6.31. The summed E-state index contributed by atoms with van der Waals surface area (Å²) in [5.74, 6) is 0. The van der Waals surface area contributed by atoms with E-state index in [4.69, 9.17) is 11.6 Å². The molecule has 0 bridgehead atoms. The van der Waals surface area contributed by atoms with Crippen molar-refractivity contribution in [1.82, 2.24) is 9.80 Å². The molecule has 0 amide bonds. The molecule has 1 saturated heterocycles. The normalized spacial score (nSPS) is 23.4. The molecule has 124 valence electrons. The standard InChI is InChI=1S/C17H27ClN2O2/c1-3-14-11-19(8-9-20(14)10-13(2)21)12-17(22)15-6-4-5-7-16(15)18/h4-7,13-14,17,21-22H,3,8-12H2,1-2H3/t13-,14+,17-/m0/s1. The number of aliphatic hydroxyl groups excluding tert-OH is 2. The second-order valence-electron chi connectivity index (χ2n) is 6.20. The first-order valence-electron chi connectivity index (χ1n) is 8.08. The van der Waals surface area contributed by atoms with Gasteiger partial charge in [-0.2, -0.15) is 0 Å². The lowest BCUT2D eigenvalue weighted by atomic mass is 10.1. The van der Waals surface area contributed by atoms with Crippen molar-refractivity contribution in [1.29, 1.82) is 0 Å². The molecule has 0 saturated carbocycles. The van der Waals surface area contributed by atoms with Gasteiger partial charge in [0.05, 0.1) is 12.2 Å². The molecule has 0 aliphatic carbocycles. The maximum absolute atomic E-state index is 10.4. The summed E-state index contributed by atoms with van der Waals surface area (Å²) in [5, 5.41) is 20.7. The molecule has 0 aromatic heterocycles. The third-order valence-electron chi connectivity index (χ3n) is 4.35. The van der Waals surface area contributed by atoms with Crippen LogP contribution in [0.3, 0.4) is 0 Å². The van der Waals surface area contributed by atoms with Gasteiger partial charge >= 0.3 is 0 Å². The van der Waals surface area contributed by atoms with Gasteiger partial charge in [-0.3, -0.25) is 9.80 Å². The van der Waals surface area contributed by atoms with Crippen molar-refractivity contribution in [2.75, 3.05) is 32.7 Å². The molecule has 2 rings (SSSR count). The van der Waals surface area contributed by atoms with E-state index < -0.39 is 6.10 Å². The van der Waals surface area contributed by atoms with Crippen LogP contribution in [0.4, 0.5) is 0 Å². The second kappa shape index (κ2) is 8.27. The van der Waals surface area contributed by atoms with Gasteiger partial charge in [0.2, 0.25) is 0 Å². The number of benzene rings is 1. The summed E-state index contributed by atoms with van der Waals surface area (Å²) in [6.45, 7) is 8.09. The Morgan fingerprint density at radius 2 is 1.95 bits per heavy atom. The zero-order valence-electron chi connectivity index (χ0n) is 13.5. The minimum Gasteiger partial charge on any atom is -0.392 e. The Kier molecular flexibility index (Phi) is 6.66. The van der Waals surface area contributed by atoms with Crippen LogP contribution in [-0.2, 0) is 0 Å². The number of β-amino-alcohol motifs (C(OH)–C–C–N with tert-alkyl or cyclic N) is 2. The first-order chi connectivity index (χ1) is 10.5. The molecule has 1 aliphatic rings. The van der Waals surface area contributed by atoms with E-state index in [-0.39, 0.29) is 6.10 Å². The van der Waals surface area contributed by atoms with Crippen molar-refractivity contribution in [3.63, 3.8) is 0 Å². The molecular weight excluding hydrogens is 300 g/mol. The lowest BCUT2D eigenvalue weighted by molar-refractivity contribution is 0.0171. The number of rotatable bonds is 6. The molecule has 1 heterocycles. The zero-order chi connectivity index (χ0) is 16.1. The lowest BCUT2D eigenvalue weighted by Crippen LogP contribution is -2.55. The monoisotopic (exact) mass is 326 g/mol. The molecule has 1 aromatic rings. The Morgan fingerprint density at radius 1 is 1.23 bits per heavy atom. The van der Waals surface area contributed by atoms with E-state index in [0.29, 0.717) is 17.6 Å². The van der Waals surface area contributed by atoms with Crippen LogP contribution in [0.25, 0.3) is 0 Å². The summed E-state index contributed by atoms with van der Waals surface area (Å²) in [4.78, 5) is 4.64. The van der Waals surface area contributed by atoms with Crippen molar-refractivity contribution >= 4 is 11.6 Å². The molecule has 0 radical (unpaired) electrons. The molecule has 2 N–H and O–H groups in total. The van der Waals surface area contributed by atoms with E-state index in [1.807, 2.05) is 31.2 Å². The Labute approximate surface area is 138 Å². The summed E-state index contributed by atoms with van der Waals surface area (Å²) >= 11 is 6.16. The highest BCUT2D eigenvalue weighted by atomic mass is 35.5. The van der Waals surface area contributed by atoms with Gasteiger partial charge in [-0.1, -0.05) is 36.7 Å². The summed E-state index contributed by atoms with van der Waals surface area (Å²) in [7, 11) is 0. The highest BCUT2D eigenvalue weighted by Crippen LogP contribution is 2.24. The Balaban J connectivity index is 1.93. The van der Waals surface area contributed by atoms with Gasteiger partial charge < -0.3 is 10.2 Å². The van der Waals surface area contributed by atoms with Gasteiger partial charge in [-0.15, -0.1) is 0 Å². The molecule has 5 heteroatoms. The molecule has 1 aliphatic heterocycles. The van der Waals surface area contributed by atoms with Crippen molar-refractivity contribution in [2.24, 2.45) is 0 Å². The van der Waals surface area contributed by atoms with E-state index in [1.165, 1.54) is 0 Å². The fraction of sp³-hybridized carbons (Fsp3) is 0.647. The van der Waals surface area contributed by atoms with E-state index in [9.17, 15) is 10.2 Å². The SMILES string of the molecule is CC[C@@H]1CN(C[C@H](O)c2ccccc2Cl)CCN1C[C@H](C)O. The van der Waals surface area contributed by atoms with Gasteiger partial charge in [0, 0.05) is 49.4 Å². The maximum atomic E-state index is 10.4. The van der Waals surface area contributed by atoms with Crippen LogP contribution in [0.1, 0.15) is 31.9 Å². The molecule has 3 atom stereocenters. The van der Waals surface area contributed by atoms with Gasteiger partial charge in [-0.25, -0.2) is 0 Å². The van der Waals surface area contributed by atoms with Gasteiger partial charge in [-0.05, 0) is 19.4 Å². The average molecular weight is 327 g/mol.